The summed E-state index contributed by atoms with van der Waals surface area (Å²) >= 11 is 5.61. The molecule has 0 radical (unpaired) electrons. The summed E-state index contributed by atoms with van der Waals surface area (Å²) in [5.41, 5.74) is 9.83. The van der Waals surface area contributed by atoms with Crippen LogP contribution in [0.1, 0.15) is 10.4 Å². The number of hydrogen-bond acceptors (Lipinski definition) is 12. The zero-order valence-electron chi connectivity index (χ0n) is 44.3. The van der Waals surface area contributed by atoms with E-state index in [1.54, 1.807) is 6.07 Å². The van der Waals surface area contributed by atoms with Crippen molar-refractivity contribution < 1.29 is 28.2 Å². The minimum absolute atomic E-state index is 0.214. The quantitative estimate of drug-likeness (QED) is 0.0278. The van der Waals surface area contributed by atoms with Gasteiger partial charge >= 0.3 is 0 Å². The lowest BCUT2D eigenvalue weighted by molar-refractivity contribution is 0.0954. The zero-order valence-corrected chi connectivity index (χ0v) is 45.1. The van der Waals surface area contributed by atoms with Crippen molar-refractivity contribution in [2.75, 3.05) is 154 Å². The number of benzene rings is 6. The molecular formula is C57H70N9O6S+. The Balaban J connectivity index is 0.937. The molecule has 0 unspecified atom stereocenters. The van der Waals surface area contributed by atoms with E-state index >= 15 is 0 Å². The highest BCUT2D eigenvalue weighted by molar-refractivity contribution is 7.80. The first-order valence-electron chi connectivity index (χ1n) is 24.2. The van der Waals surface area contributed by atoms with Gasteiger partial charge < -0.3 is 63.8 Å². The fraction of sp³-hybridized carbons (Fsp3) is 0.316. The number of ether oxygens (including phenoxy) is 4. The number of carbonyl (C=O) groups is 1. The second-order valence-electron chi connectivity index (χ2n) is 18.8. The van der Waals surface area contributed by atoms with Crippen molar-refractivity contribution in [3.8, 4) is 45.4 Å². The van der Waals surface area contributed by atoms with E-state index in [-0.39, 0.29) is 19.1 Å². The zero-order chi connectivity index (χ0) is 52.3. The molecule has 1 aliphatic heterocycles. The number of thiocarbonyl (C=S) groups is 1. The van der Waals surface area contributed by atoms with Gasteiger partial charge in [-0.05, 0) is 90.6 Å². The largest absolute Gasteiger partial charge is 0.488 e. The molecular weight excluding hydrogens is 939 g/mol. The van der Waals surface area contributed by atoms with Gasteiger partial charge in [0.05, 0.1) is 28.8 Å². The molecule has 0 spiro atoms. The highest BCUT2D eigenvalue weighted by Gasteiger charge is 2.21. The lowest BCUT2D eigenvalue weighted by Crippen LogP contribution is -2.36. The summed E-state index contributed by atoms with van der Waals surface area (Å²) in [7, 11) is 23.9. The molecule has 5 aromatic rings. The first-order chi connectivity index (χ1) is 35.0. The van der Waals surface area contributed by atoms with Crippen LogP contribution in [0.2, 0.25) is 0 Å². The van der Waals surface area contributed by atoms with Gasteiger partial charge in [-0.2, -0.15) is 0 Å². The van der Waals surface area contributed by atoms with Crippen LogP contribution in [0.5, 0.6) is 23.0 Å². The van der Waals surface area contributed by atoms with E-state index in [9.17, 15) is 4.79 Å². The smallest absolute Gasteiger partial charge is 0.251 e. The Bertz CT molecular complexity index is 3090. The van der Waals surface area contributed by atoms with Crippen LogP contribution in [0.15, 0.2) is 120 Å². The third-order valence-electron chi connectivity index (χ3n) is 12.1. The summed E-state index contributed by atoms with van der Waals surface area (Å²) in [5.74, 6) is 3.44. The van der Waals surface area contributed by atoms with Crippen LogP contribution in [0, 0.1) is 0 Å². The molecule has 0 aromatic heterocycles. The van der Waals surface area contributed by atoms with Crippen LogP contribution >= 0.6 is 12.2 Å². The van der Waals surface area contributed by atoms with Gasteiger partial charge in [-0.3, -0.25) is 4.79 Å². The van der Waals surface area contributed by atoms with Crippen LogP contribution in [-0.4, -0.2) is 135 Å². The number of amides is 1. The van der Waals surface area contributed by atoms with Gasteiger partial charge in [0, 0.05) is 135 Å². The molecule has 15 nitrogen and oxygen atoms in total. The topological polar surface area (TPSA) is 122 Å². The molecule has 1 heterocycles. The van der Waals surface area contributed by atoms with E-state index in [0.29, 0.717) is 48.5 Å². The van der Waals surface area contributed by atoms with Crippen molar-refractivity contribution in [3.63, 3.8) is 0 Å². The van der Waals surface area contributed by atoms with Gasteiger partial charge in [-0.25, -0.2) is 4.58 Å². The van der Waals surface area contributed by atoms with E-state index in [1.165, 1.54) is 0 Å². The highest BCUT2D eigenvalue weighted by Crippen LogP contribution is 2.43. The van der Waals surface area contributed by atoms with Crippen molar-refractivity contribution in [2.24, 2.45) is 0 Å². The molecule has 384 valence electrons. The Morgan fingerprint density at radius 2 is 1.15 bits per heavy atom. The average molecular weight is 1010 g/mol. The van der Waals surface area contributed by atoms with Crippen LogP contribution in [0.25, 0.3) is 33.4 Å². The summed E-state index contributed by atoms with van der Waals surface area (Å²) in [5, 5.41) is 11.9. The molecule has 0 bridgehead atoms. The highest BCUT2D eigenvalue weighted by atomic mass is 32.1. The number of anilines is 6. The predicted molar refractivity (Wildman–Crippen MR) is 305 cm³/mol. The van der Waals surface area contributed by atoms with E-state index in [2.05, 4.69) is 80.0 Å². The Morgan fingerprint density at radius 1 is 0.562 bits per heavy atom. The molecule has 1 amide bonds. The first-order valence-corrected chi connectivity index (χ1v) is 24.6. The maximum absolute atomic E-state index is 13.4. The summed E-state index contributed by atoms with van der Waals surface area (Å²) in [4.78, 5) is 23.4. The summed E-state index contributed by atoms with van der Waals surface area (Å²) in [6.45, 7) is 2.04. The van der Waals surface area contributed by atoms with Crippen molar-refractivity contribution in [3.05, 3.63) is 126 Å². The van der Waals surface area contributed by atoms with E-state index < -0.39 is 0 Å². The molecule has 2 aliphatic rings. The molecule has 73 heavy (non-hydrogen) atoms. The van der Waals surface area contributed by atoms with Gasteiger partial charge in [-0.15, -0.1) is 0 Å². The third-order valence-corrected chi connectivity index (χ3v) is 12.3. The van der Waals surface area contributed by atoms with Crippen molar-refractivity contribution in [1.82, 2.24) is 15.2 Å². The van der Waals surface area contributed by atoms with E-state index in [1.807, 2.05) is 159 Å². The molecule has 0 saturated carbocycles. The number of carbonyl (C=O) groups excluding carboxylic acids is 1. The van der Waals surface area contributed by atoms with Crippen molar-refractivity contribution in [1.29, 1.82) is 0 Å². The second kappa shape index (κ2) is 24.0. The molecule has 16 heteroatoms. The summed E-state index contributed by atoms with van der Waals surface area (Å²) < 4.78 is 33.7. The maximum Gasteiger partial charge on any atom is 0.251 e. The van der Waals surface area contributed by atoms with Gasteiger partial charge in [0.25, 0.3) is 5.91 Å². The molecule has 0 atom stereocenters. The molecule has 7 rings (SSSR count). The SMILES string of the molecule is CN(C)c1ccc2c(-c3ccc(N(C)C)c(OCCOc4ccc(C(=O)NCCNC(=S)Nc5ccc(N(C)C)c(OCCOc6ccccc6N(C)C)c5)cc4N(C)C)c3)c3ccc(=[N+](C)C)cc-3oc2c1. The monoisotopic (exact) mass is 1010 g/mol. The van der Waals surface area contributed by atoms with Gasteiger partial charge in [-0.1, -0.05) is 18.2 Å². The summed E-state index contributed by atoms with van der Waals surface area (Å²) in [6, 6.07) is 38.2. The Kier molecular flexibility index (Phi) is 17.4. The first kappa shape index (κ1) is 53.0. The number of nitrogens with zero attached hydrogens (tertiary/aromatic N) is 6. The molecule has 0 saturated heterocycles. The van der Waals surface area contributed by atoms with E-state index in [4.69, 9.17) is 35.6 Å². The number of nitrogens with one attached hydrogen (secondary N) is 3. The summed E-state index contributed by atoms with van der Waals surface area (Å²) in [6.07, 6.45) is 0. The van der Waals surface area contributed by atoms with Crippen LogP contribution in [-0.2, 0) is 0 Å². The molecule has 0 fully saturated rings. The lowest BCUT2D eigenvalue weighted by Gasteiger charge is -2.22. The van der Waals surface area contributed by atoms with Gasteiger partial charge in [0.1, 0.15) is 74.9 Å². The van der Waals surface area contributed by atoms with E-state index in [0.717, 1.165) is 84.4 Å². The fourth-order valence-electron chi connectivity index (χ4n) is 8.28. The van der Waals surface area contributed by atoms with Crippen LogP contribution < -0.4 is 69.3 Å². The normalized spacial score (nSPS) is 10.9. The standard InChI is InChI=1S/C57H69N9O6S/c1-61(2)41-20-22-43-51(36-41)72-52-37-42(62(3)4)21-23-44(52)55(43)38-17-24-46(64(7)8)53(34-38)70-31-30-69-50-26-18-39(33-48(50)66(11)12)56(67)58-27-28-59-57(73)60-40-19-25-47(65(9)10)54(35-40)71-32-29-68-49-16-14-13-15-45(49)63(5)6/h13-26,33-37H,27-32H2,1-12H3,(H2-,58,59,60,67,73)/p+1. The predicted octanol–water partition coefficient (Wildman–Crippen LogP) is 8.20. The minimum atomic E-state index is -0.214. The number of hydrogen-bond donors (Lipinski definition) is 3. The van der Waals surface area contributed by atoms with Gasteiger partial charge in [0.15, 0.2) is 5.11 Å². The molecule has 3 N–H and O–H groups in total. The van der Waals surface area contributed by atoms with Gasteiger partial charge in [0.2, 0.25) is 5.36 Å². The molecule has 5 aromatic carbocycles. The van der Waals surface area contributed by atoms with Crippen molar-refractivity contribution >= 4 is 68.3 Å². The Hall–Kier alpha value is -7.85. The number of rotatable bonds is 21. The molecule has 1 aliphatic carbocycles. The Labute approximate surface area is 435 Å². The maximum atomic E-state index is 13.4. The second-order valence-corrected chi connectivity index (χ2v) is 19.2. The number of para-hydroxylation sites is 2. The third kappa shape index (κ3) is 13.2. The van der Waals surface area contributed by atoms with Crippen LogP contribution in [0.3, 0.4) is 0 Å². The Morgan fingerprint density at radius 3 is 1.79 bits per heavy atom. The van der Waals surface area contributed by atoms with Crippen LogP contribution in [0.4, 0.5) is 34.1 Å². The van der Waals surface area contributed by atoms with Crippen molar-refractivity contribution in [2.45, 2.75) is 0 Å². The fourth-order valence-corrected chi connectivity index (χ4v) is 8.50. The number of fused-ring (bicyclic) bond motifs is 2. The minimum Gasteiger partial charge on any atom is -0.488 e. The lowest BCUT2D eigenvalue weighted by atomic mass is 9.93. The average Bonchev–Trinajstić information content (AvgIpc) is 3.36.